The van der Waals surface area contributed by atoms with Gasteiger partial charge in [0, 0.05) is 38.8 Å². The van der Waals surface area contributed by atoms with Crippen LogP contribution in [0.2, 0.25) is 0 Å². The van der Waals surface area contributed by atoms with Gasteiger partial charge in [0.2, 0.25) is 5.91 Å². The van der Waals surface area contributed by atoms with Crippen LogP contribution >= 0.6 is 0 Å². The number of piperidine rings is 1. The minimum atomic E-state index is 0.234. The average molecular weight is 326 g/mol. The Labute approximate surface area is 144 Å². The first-order valence-electron chi connectivity index (χ1n) is 9.07. The molecule has 2 fully saturated rings. The fourth-order valence-electron chi connectivity index (χ4n) is 4.17. The third-order valence-electron chi connectivity index (χ3n) is 5.49. The van der Waals surface area contributed by atoms with E-state index in [1.165, 1.54) is 12.8 Å². The van der Waals surface area contributed by atoms with E-state index in [-0.39, 0.29) is 5.91 Å². The summed E-state index contributed by atoms with van der Waals surface area (Å²) in [7, 11) is 0. The van der Waals surface area contributed by atoms with Gasteiger partial charge in [-0.2, -0.15) is 5.26 Å². The number of pyridine rings is 1. The first kappa shape index (κ1) is 16.8. The summed E-state index contributed by atoms with van der Waals surface area (Å²) < 4.78 is 0. The van der Waals surface area contributed by atoms with Gasteiger partial charge in [0.15, 0.2) is 0 Å². The van der Waals surface area contributed by atoms with E-state index in [4.69, 9.17) is 5.26 Å². The third kappa shape index (κ3) is 3.69. The van der Waals surface area contributed by atoms with Crippen LogP contribution < -0.4 is 4.90 Å². The van der Waals surface area contributed by atoms with Crippen LogP contribution in [0.4, 0.5) is 5.82 Å². The molecule has 1 amide bonds. The van der Waals surface area contributed by atoms with Crippen molar-refractivity contribution < 1.29 is 4.79 Å². The van der Waals surface area contributed by atoms with E-state index < -0.39 is 0 Å². The number of rotatable bonds is 2. The largest absolute Gasteiger partial charge is 0.357 e. The minimum Gasteiger partial charge on any atom is -0.357 e. The van der Waals surface area contributed by atoms with E-state index in [2.05, 4.69) is 20.9 Å². The molecular weight excluding hydrogens is 300 g/mol. The minimum absolute atomic E-state index is 0.234. The molecular formula is C19H26N4O. The number of hydrogen-bond donors (Lipinski definition) is 0. The molecule has 0 aliphatic carbocycles. The molecule has 0 aromatic carbocycles. The third-order valence-corrected chi connectivity index (χ3v) is 5.49. The van der Waals surface area contributed by atoms with Crippen LogP contribution in [0, 0.1) is 17.2 Å². The van der Waals surface area contributed by atoms with Gasteiger partial charge < -0.3 is 9.80 Å². The zero-order valence-corrected chi connectivity index (χ0v) is 14.4. The Balaban J connectivity index is 1.62. The van der Waals surface area contributed by atoms with Crippen LogP contribution in [0.1, 0.15) is 51.0 Å². The summed E-state index contributed by atoms with van der Waals surface area (Å²) >= 11 is 0. The van der Waals surface area contributed by atoms with Gasteiger partial charge in [-0.1, -0.05) is 12.8 Å². The number of nitrogens with zero attached hydrogens (tertiary/aromatic N) is 4. The van der Waals surface area contributed by atoms with Crippen LogP contribution in [0.15, 0.2) is 18.3 Å². The SMILES string of the molecule is CC(=O)N1CCCCC[C@@H]1C1CCN(c2ccc(C#N)cn2)CC1. The molecule has 2 aliphatic heterocycles. The number of likely N-dealkylation sites (tertiary alicyclic amines) is 1. The lowest BCUT2D eigenvalue weighted by Crippen LogP contribution is -2.47. The molecule has 24 heavy (non-hydrogen) atoms. The number of carbonyl (C=O) groups is 1. The fraction of sp³-hybridized carbons (Fsp3) is 0.632. The summed E-state index contributed by atoms with van der Waals surface area (Å²) in [6.07, 6.45) is 8.64. The van der Waals surface area contributed by atoms with Gasteiger partial charge >= 0.3 is 0 Å². The maximum atomic E-state index is 12.0. The van der Waals surface area contributed by atoms with E-state index >= 15 is 0 Å². The highest BCUT2D eigenvalue weighted by atomic mass is 16.2. The number of hydrogen-bond acceptors (Lipinski definition) is 4. The Kier molecular flexibility index (Phi) is 5.34. The van der Waals surface area contributed by atoms with Gasteiger partial charge in [-0.25, -0.2) is 4.98 Å². The van der Waals surface area contributed by atoms with E-state index in [9.17, 15) is 4.79 Å². The van der Waals surface area contributed by atoms with Crippen molar-refractivity contribution in [1.82, 2.24) is 9.88 Å². The molecule has 0 bridgehead atoms. The zero-order valence-electron chi connectivity index (χ0n) is 14.4. The van der Waals surface area contributed by atoms with Crippen LogP contribution in [-0.2, 0) is 4.79 Å². The lowest BCUT2D eigenvalue weighted by molar-refractivity contribution is -0.132. The molecule has 0 spiro atoms. The molecule has 1 atom stereocenters. The molecule has 0 unspecified atom stereocenters. The van der Waals surface area contributed by atoms with Crippen molar-refractivity contribution in [3.05, 3.63) is 23.9 Å². The maximum absolute atomic E-state index is 12.0. The Morgan fingerprint density at radius 2 is 1.96 bits per heavy atom. The highest BCUT2D eigenvalue weighted by Crippen LogP contribution is 2.31. The second-order valence-electron chi connectivity index (χ2n) is 6.97. The first-order valence-corrected chi connectivity index (χ1v) is 9.07. The van der Waals surface area contributed by atoms with Crippen molar-refractivity contribution in [2.75, 3.05) is 24.5 Å². The Bertz CT molecular complexity index is 599. The molecule has 3 heterocycles. The van der Waals surface area contributed by atoms with E-state index in [1.807, 2.05) is 12.1 Å². The topological polar surface area (TPSA) is 60.2 Å². The van der Waals surface area contributed by atoms with Crippen LogP contribution in [0.3, 0.4) is 0 Å². The van der Waals surface area contributed by atoms with Gasteiger partial charge in [0.05, 0.1) is 5.56 Å². The Morgan fingerprint density at radius 3 is 2.58 bits per heavy atom. The molecule has 0 saturated carbocycles. The molecule has 0 radical (unpaired) electrons. The fourth-order valence-corrected chi connectivity index (χ4v) is 4.17. The second-order valence-corrected chi connectivity index (χ2v) is 6.97. The highest BCUT2D eigenvalue weighted by Gasteiger charge is 2.32. The van der Waals surface area contributed by atoms with Crippen LogP contribution in [-0.4, -0.2) is 41.5 Å². The first-order chi connectivity index (χ1) is 11.7. The molecule has 1 aromatic heterocycles. The average Bonchev–Trinajstić information content (AvgIpc) is 2.88. The van der Waals surface area contributed by atoms with Crippen molar-refractivity contribution in [3.8, 4) is 6.07 Å². The van der Waals surface area contributed by atoms with Gasteiger partial charge in [0.1, 0.15) is 11.9 Å². The predicted molar refractivity (Wildman–Crippen MR) is 93.5 cm³/mol. The molecule has 2 saturated heterocycles. The monoisotopic (exact) mass is 326 g/mol. The number of nitriles is 1. The maximum Gasteiger partial charge on any atom is 0.219 e. The highest BCUT2D eigenvalue weighted by molar-refractivity contribution is 5.73. The Hall–Kier alpha value is -2.09. The van der Waals surface area contributed by atoms with E-state index in [0.29, 0.717) is 17.5 Å². The lowest BCUT2D eigenvalue weighted by Gasteiger charge is -2.40. The summed E-state index contributed by atoms with van der Waals surface area (Å²) in [5.74, 6) is 1.79. The number of aromatic nitrogens is 1. The standard InChI is InChI=1S/C19H26N4O/c1-15(24)23-10-4-2-3-5-18(23)17-8-11-22(12-9-17)19-7-6-16(13-20)14-21-19/h6-7,14,17-18H,2-5,8-12H2,1H3/t18-/m1/s1. The number of amides is 1. The summed E-state index contributed by atoms with van der Waals surface area (Å²) in [4.78, 5) is 20.9. The van der Waals surface area contributed by atoms with Crippen LogP contribution in [0.5, 0.6) is 0 Å². The zero-order chi connectivity index (χ0) is 16.9. The van der Waals surface area contributed by atoms with Crippen molar-refractivity contribution >= 4 is 11.7 Å². The predicted octanol–water partition coefficient (Wildman–Crippen LogP) is 2.96. The molecule has 0 N–H and O–H groups in total. The molecule has 1 aromatic rings. The quantitative estimate of drug-likeness (QED) is 0.838. The number of carbonyl (C=O) groups excluding carboxylic acids is 1. The lowest BCUT2D eigenvalue weighted by atomic mass is 9.86. The summed E-state index contributed by atoms with van der Waals surface area (Å²) in [5.41, 5.74) is 0.601. The van der Waals surface area contributed by atoms with Gasteiger partial charge in [-0.15, -0.1) is 0 Å². The van der Waals surface area contributed by atoms with E-state index in [0.717, 1.165) is 51.1 Å². The molecule has 5 nitrogen and oxygen atoms in total. The van der Waals surface area contributed by atoms with E-state index in [1.54, 1.807) is 13.1 Å². The van der Waals surface area contributed by atoms with Crippen molar-refractivity contribution in [3.63, 3.8) is 0 Å². The van der Waals surface area contributed by atoms with Crippen molar-refractivity contribution in [1.29, 1.82) is 5.26 Å². The van der Waals surface area contributed by atoms with Crippen molar-refractivity contribution in [2.45, 2.75) is 51.5 Å². The van der Waals surface area contributed by atoms with Crippen molar-refractivity contribution in [2.24, 2.45) is 5.92 Å². The smallest absolute Gasteiger partial charge is 0.219 e. The van der Waals surface area contributed by atoms with Gasteiger partial charge in [-0.3, -0.25) is 4.79 Å². The van der Waals surface area contributed by atoms with Gasteiger partial charge in [-0.05, 0) is 43.7 Å². The van der Waals surface area contributed by atoms with Crippen LogP contribution in [0.25, 0.3) is 0 Å². The Morgan fingerprint density at radius 1 is 1.17 bits per heavy atom. The molecule has 3 rings (SSSR count). The summed E-state index contributed by atoms with van der Waals surface area (Å²) in [6.45, 7) is 4.60. The molecule has 128 valence electrons. The summed E-state index contributed by atoms with van der Waals surface area (Å²) in [5, 5.41) is 8.87. The normalized spacial score (nSPS) is 22.8. The molecule has 2 aliphatic rings. The summed E-state index contributed by atoms with van der Waals surface area (Å²) in [6, 6.07) is 6.30. The second kappa shape index (κ2) is 7.65. The molecule has 5 heteroatoms. The van der Waals surface area contributed by atoms with Gasteiger partial charge in [0.25, 0.3) is 0 Å². The number of anilines is 1.